The quantitative estimate of drug-likeness (QED) is 0.242. The third-order valence-corrected chi connectivity index (χ3v) is 4.17. The second kappa shape index (κ2) is 6.85. The highest BCUT2D eigenvalue weighted by Crippen LogP contribution is 2.32. The van der Waals surface area contributed by atoms with E-state index in [1.165, 1.54) is 18.2 Å². The van der Waals surface area contributed by atoms with Gasteiger partial charge in [0.05, 0.1) is 16.4 Å². The van der Waals surface area contributed by atoms with Crippen LogP contribution < -0.4 is 5.19 Å². The maximum atomic E-state index is 11.6. The van der Waals surface area contributed by atoms with Crippen LogP contribution in [-0.4, -0.2) is 35.7 Å². The lowest BCUT2D eigenvalue weighted by Gasteiger charge is -2.11. The van der Waals surface area contributed by atoms with E-state index in [4.69, 9.17) is 4.74 Å². The predicted molar refractivity (Wildman–Crippen MR) is 86.2 cm³/mol. The number of rotatable bonds is 5. The molecule has 0 saturated carbocycles. The van der Waals surface area contributed by atoms with Gasteiger partial charge in [-0.25, -0.2) is 0 Å². The summed E-state index contributed by atoms with van der Waals surface area (Å²) >= 11 is 0. The Morgan fingerprint density at radius 1 is 1.33 bits per heavy atom. The number of carbonyl (C=O) groups is 1. The Bertz CT molecular complexity index is 819. The van der Waals surface area contributed by atoms with Crippen molar-refractivity contribution >= 4 is 37.4 Å². The van der Waals surface area contributed by atoms with E-state index in [-0.39, 0.29) is 34.3 Å². The molecule has 0 bridgehead atoms. The lowest BCUT2D eigenvalue weighted by Crippen LogP contribution is -2.16. The number of benzene rings is 2. The Labute approximate surface area is 139 Å². The van der Waals surface area contributed by atoms with Gasteiger partial charge in [0.1, 0.15) is 6.61 Å². The number of hydrogen-bond acceptors (Lipinski definition) is 7. The van der Waals surface area contributed by atoms with Crippen molar-refractivity contribution in [3.05, 3.63) is 33.9 Å². The van der Waals surface area contributed by atoms with E-state index in [2.05, 4.69) is 0 Å². The molecule has 2 rings (SSSR count). The second-order valence-electron chi connectivity index (χ2n) is 5.45. The largest absolute Gasteiger partial charge is 0.504 e. The molecule has 0 aliphatic rings. The zero-order valence-corrected chi connectivity index (χ0v) is 13.9. The first-order valence-corrected chi connectivity index (χ1v) is 7.93. The fourth-order valence-electron chi connectivity index (χ4n) is 2.17. The van der Waals surface area contributed by atoms with Crippen molar-refractivity contribution in [2.75, 3.05) is 0 Å². The lowest BCUT2D eigenvalue weighted by molar-refractivity contribution is -0.385. The van der Waals surface area contributed by atoms with Crippen molar-refractivity contribution in [1.29, 1.82) is 0 Å². The summed E-state index contributed by atoms with van der Waals surface area (Å²) in [6.07, 6.45) is 0. The Hall–Kier alpha value is -2.65. The maximum absolute atomic E-state index is 11.6. The summed E-state index contributed by atoms with van der Waals surface area (Å²) < 4.78 is 5.04. The van der Waals surface area contributed by atoms with Crippen molar-refractivity contribution in [3.63, 3.8) is 0 Å². The second-order valence-corrected chi connectivity index (χ2v) is 6.18. The van der Waals surface area contributed by atoms with Gasteiger partial charge in [-0.2, -0.15) is 0 Å². The van der Waals surface area contributed by atoms with Gasteiger partial charge < -0.3 is 19.7 Å². The number of fused-ring (bicyclic) bond motifs is 1. The molecule has 0 aromatic heterocycles. The third kappa shape index (κ3) is 3.31. The summed E-state index contributed by atoms with van der Waals surface area (Å²) in [5, 5.41) is 31.4. The van der Waals surface area contributed by atoms with Crippen LogP contribution in [0.4, 0.5) is 5.69 Å². The van der Waals surface area contributed by atoms with E-state index in [1.54, 1.807) is 13.8 Å². The molecular weight excluding hydrogens is 334 g/mol. The Morgan fingerprint density at radius 3 is 2.54 bits per heavy atom. The number of esters is 1. The average molecular weight is 349 g/mol. The average Bonchev–Trinajstić information content (AvgIpc) is 2.52. The van der Waals surface area contributed by atoms with Gasteiger partial charge in [-0.3, -0.25) is 14.9 Å². The van der Waals surface area contributed by atoms with Crippen LogP contribution >= 0.6 is 0 Å². The zero-order chi connectivity index (χ0) is 18.0. The van der Waals surface area contributed by atoms with E-state index in [9.17, 15) is 29.9 Å². The number of phenolic OH excluding ortho intramolecular Hbond substituents is 2. The normalized spacial score (nSPS) is 11.0. The van der Waals surface area contributed by atoms with E-state index in [1.807, 2.05) is 0 Å². The maximum Gasteiger partial charge on any atom is 0.308 e. The van der Waals surface area contributed by atoms with Crippen molar-refractivity contribution in [2.45, 2.75) is 20.5 Å². The Kier molecular flexibility index (Phi) is 5.05. The number of nitrogens with zero attached hydrogens (tertiary/aromatic N) is 1. The minimum Gasteiger partial charge on any atom is -0.504 e. The van der Waals surface area contributed by atoms with Gasteiger partial charge >= 0.3 is 5.97 Å². The smallest absolute Gasteiger partial charge is 0.308 e. The molecule has 0 atom stereocenters. The summed E-state index contributed by atoms with van der Waals surface area (Å²) in [7, 11) is -0.859. The molecule has 2 aromatic carbocycles. The molecule has 2 radical (unpaired) electrons. The van der Waals surface area contributed by atoms with Crippen LogP contribution in [-0.2, 0) is 16.1 Å². The van der Waals surface area contributed by atoms with Gasteiger partial charge in [0.2, 0.25) is 0 Å². The highest BCUT2D eigenvalue weighted by molar-refractivity contribution is 6.52. The van der Waals surface area contributed by atoms with Crippen LogP contribution in [0.2, 0.25) is 0 Å². The molecule has 0 saturated heterocycles. The first kappa shape index (κ1) is 17.7. The van der Waals surface area contributed by atoms with Crippen LogP contribution in [0.25, 0.3) is 10.8 Å². The number of nitro groups is 1. The van der Waals surface area contributed by atoms with Gasteiger partial charge in [0, 0.05) is 11.3 Å². The fraction of sp³-hybridized carbons (Fsp3) is 0.267. The predicted octanol–water partition coefficient (Wildman–Crippen LogP) is 1.10. The molecule has 24 heavy (non-hydrogen) atoms. The molecule has 126 valence electrons. The molecule has 0 unspecified atom stereocenters. The molecule has 0 aliphatic carbocycles. The number of aromatic hydroxyl groups is 2. The van der Waals surface area contributed by atoms with Crippen molar-refractivity contribution in [2.24, 2.45) is 5.92 Å². The van der Waals surface area contributed by atoms with Crippen molar-refractivity contribution in [3.8, 4) is 11.5 Å². The van der Waals surface area contributed by atoms with E-state index < -0.39 is 32.2 Å². The van der Waals surface area contributed by atoms with Crippen LogP contribution in [0.3, 0.4) is 0 Å². The third-order valence-electron chi connectivity index (χ3n) is 3.44. The van der Waals surface area contributed by atoms with Crippen LogP contribution in [0.5, 0.6) is 11.5 Å². The summed E-state index contributed by atoms with van der Waals surface area (Å²) in [6, 6.07) is 3.81. The van der Waals surface area contributed by atoms with Gasteiger partial charge in [-0.15, -0.1) is 0 Å². The highest BCUT2D eigenvalue weighted by atomic mass is 28.2. The summed E-state index contributed by atoms with van der Waals surface area (Å²) in [5.74, 6) is -1.82. The first-order chi connectivity index (χ1) is 11.3. The molecule has 3 N–H and O–H groups in total. The standard InChI is InChI=1S/C15H15NO7Si/c1-7(2)15(19)23-6-9-3-8-4-12(17)13(18)14(24-22)10(8)5-11(9)16(20)21/h3-5,7,17-18,22H,6H2,1-2H3. The van der Waals surface area contributed by atoms with Gasteiger partial charge in [-0.1, -0.05) is 13.8 Å². The minimum atomic E-state index is -0.859. The molecule has 8 nitrogen and oxygen atoms in total. The van der Waals surface area contributed by atoms with Gasteiger partial charge in [0.25, 0.3) is 15.5 Å². The zero-order valence-electron chi connectivity index (χ0n) is 12.9. The molecule has 0 spiro atoms. The molecule has 9 heteroatoms. The summed E-state index contributed by atoms with van der Waals surface area (Å²) in [5.41, 5.74) is -0.151. The molecule has 0 fully saturated rings. The van der Waals surface area contributed by atoms with E-state index >= 15 is 0 Å². The van der Waals surface area contributed by atoms with Gasteiger partial charge in [-0.05, 0) is 22.9 Å². The van der Waals surface area contributed by atoms with Crippen LogP contribution in [0, 0.1) is 16.0 Å². The number of phenols is 2. The molecular formula is C15H15NO7Si. The number of hydrogen-bond donors (Lipinski definition) is 3. The van der Waals surface area contributed by atoms with Crippen molar-refractivity contribution < 1.29 is 29.5 Å². The SMILES string of the molecule is CC(C)C(=O)OCc1cc2cc(O)c(O)c([Si]O)c2cc1[N+](=O)[O-]. The van der Waals surface area contributed by atoms with Gasteiger partial charge in [0.15, 0.2) is 11.5 Å². The number of nitro benzene ring substituents is 1. The Morgan fingerprint density at radius 2 is 2.00 bits per heavy atom. The number of carbonyl (C=O) groups excluding carboxylic acids is 1. The van der Waals surface area contributed by atoms with Crippen molar-refractivity contribution in [1.82, 2.24) is 0 Å². The Balaban J connectivity index is 2.59. The van der Waals surface area contributed by atoms with E-state index in [0.29, 0.717) is 5.39 Å². The van der Waals surface area contributed by atoms with Crippen LogP contribution in [0.15, 0.2) is 18.2 Å². The summed E-state index contributed by atoms with van der Waals surface area (Å²) in [4.78, 5) is 31.6. The minimum absolute atomic E-state index is 0.0128. The molecule has 0 aliphatic heterocycles. The summed E-state index contributed by atoms with van der Waals surface area (Å²) in [6.45, 7) is 3.00. The molecule has 0 amide bonds. The number of ether oxygens (including phenoxy) is 1. The first-order valence-electron chi connectivity index (χ1n) is 6.99. The molecule has 2 aromatic rings. The lowest BCUT2D eigenvalue weighted by atomic mass is 10.0. The van der Waals surface area contributed by atoms with Crippen LogP contribution in [0.1, 0.15) is 19.4 Å². The topological polar surface area (TPSA) is 130 Å². The monoisotopic (exact) mass is 349 g/mol. The highest BCUT2D eigenvalue weighted by Gasteiger charge is 2.21. The van der Waals surface area contributed by atoms with E-state index in [0.717, 1.165) is 0 Å². The molecule has 0 heterocycles. The fourth-order valence-corrected chi connectivity index (χ4v) is 2.74.